The van der Waals surface area contributed by atoms with Gasteiger partial charge in [-0.05, 0) is 41.8 Å². The maximum atomic E-state index is 13.1. The first-order valence-corrected chi connectivity index (χ1v) is 11.4. The van der Waals surface area contributed by atoms with Gasteiger partial charge in [0.1, 0.15) is 5.69 Å². The van der Waals surface area contributed by atoms with Crippen LogP contribution in [-0.2, 0) is 9.84 Å². The van der Waals surface area contributed by atoms with Gasteiger partial charge in [0.15, 0.2) is 9.84 Å². The highest BCUT2D eigenvalue weighted by molar-refractivity contribution is 7.92. The maximum Gasteiger partial charge on any atom is 0.273 e. The first kappa shape index (κ1) is 17.5. The van der Waals surface area contributed by atoms with Gasteiger partial charge in [0, 0.05) is 36.8 Å². The SMILES string of the molecule is Cc1nc(C(=O)N2C[C@@H]3c4cc(-c5cccnc5)ccc4S(=O)(=O)[C@H]3C2)cs1. The van der Waals surface area contributed by atoms with Crippen molar-refractivity contribution < 1.29 is 13.2 Å². The van der Waals surface area contributed by atoms with Crippen LogP contribution in [0.4, 0.5) is 0 Å². The van der Waals surface area contributed by atoms with Gasteiger partial charge in [-0.15, -0.1) is 11.3 Å². The number of hydrogen-bond donors (Lipinski definition) is 0. The quantitative estimate of drug-likeness (QED) is 0.648. The second kappa shape index (κ2) is 6.22. The zero-order valence-electron chi connectivity index (χ0n) is 15.1. The largest absolute Gasteiger partial charge is 0.335 e. The third-order valence-corrected chi connectivity index (χ3v) is 8.53. The lowest BCUT2D eigenvalue weighted by molar-refractivity contribution is 0.0785. The molecular formula is C20H17N3O3S2. The highest BCUT2D eigenvalue weighted by Gasteiger charge is 2.51. The average Bonchev–Trinajstić information content (AvgIpc) is 3.38. The van der Waals surface area contributed by atoms with Crippen LogP contribution in [0.5, 0.6) is 0 Å². The van der Waals surface area contributed by atoms with Crippen LogP contribution in [0.1, 0.15) is 27.0 Å². The zero-order chi connectivity index (χ0) is 19.5. The summed E-state index contributed by atoms with van der Waals surface area (Å²) in [5.74, 6) is -0.404. The van der Waals surface area contributed by atoms with E-state index < -0.39 is 15.1 Å². The fourth-order valence-corrected chi connectivity index (χ4v) is 6.90. The van der Waals surface area contributed by atoms with Crippen molar-refractivity contribution in [2.24, 2.45) is 0 Å². The summed E-state index contributed by atoms with van der Waals surface area (Å²) in [6.45, 7) is 2.45. The predicted octanol–water partition coefficient (Wildman–Crippen LogP) is 2.91. The lowest BCUT2D eigenvalue weighted by Crippen LogP contribution is -2.31. The normalized spacial score (nSPS) is 22.1. The molecule has 2 aliphatic heterocycles. The third-order valence-electron chi connectivity index (χ3n) is 5.50. The zero-order valence-corrected chi connectivity index (χ0v) is 16.7. The van der Waals surface area contributed by atoms with Crippen molar-refractivity contribution in [2.75, 3.05) is 13.1 Å². The third kappa shape index (κ3) is 2.59. The summed E-state index contributed by atoms with van der Waals surface area (Å²) in [6, 6.07) is 9.27. The molecule has 8 heteroatoms. The lowest BCUT2D eigenvalue weighted by Gasteiger charge is -2.17. The summed E-state index contributed by atoms with van der Waals surface area (Å²) in [5, 5.41) is 1.96. The first-order chi connectivity index (χ1) is 13.4. The number of rotatable bonds is 2. The maximum absolute atomic E-state index is 13.1. The highest BCUT2D eigenvalue weighted by atomic mass is 32.2. The molecule has 0 spiro atoms. The molecule has 142 valence electrons. The van der Waals surface area contributed by atoms with Crippen molar-refractivity contribution in [1.82, 2.24) is 14.9 Å². The van der Waals surface area contributed by atoms with Crippen LogP contribution in [0.15, 0.2) is 53.0 Å². The van der Waals surface area contributed by atoms with Crippen LogP contribution in [0.3, 0.4) is 0 Å². The fraction of sp³-hybridized carbons (Fsp3) is 0.250. The van der Waals surface area contributed by atoms with Gasteiger partial charge in [0.05, 0.1) is 15.2 Å². The van der Waals surface area contributed by atoms with Gasteiger partial charge in [-0.1, -0.05) is 12.1 Å². The van der Waals surface area contributed by atoms with Gasteiger partial charge >= 0.3 is 0 Å². The van der Waals surface area contributed by atoms with E-state index in [1.165, 1.54) is 11.3 Å². The van der Waals surface area contributed by atoms with Crippen molar-refractivity contribution in [3.05, 3.63) is 64.4 Å². The molecule has 0 unspecified atom stereocenters. The number of likely N-dealkylation sites (tertiary alicyclic amines) is 1. The molecule has 1 aromatic carbocycles. The van der Waals surface area contributed by atoms with Gasteiger partial charge in [0.2, 0.25) is 0 Å². The highest BCUT2D eigenvalue weighted by Crippen LogP contribution is 2.46. The number of pyridine rings is 1. The van der Waals surface area contributed by atoms with Gasteiger partial charge < -0.3 is 4.90 Å². The van der Waals surface area contributed by atoms with E-state index in [1.807, 2.05) is 31.2 Å². The molecule has 0 aliphatic carbocycles. The Labute approximate surface area is 166 Å². The number of fused-ring (bicyclic) bond motifs is 3. The van der Waals surface area contributed by atoms with E-state index in [-0.39, 0.29) is 18.4 Å². The Morgan fingerprint density at radius 2 is 2.07 bits per heavy atom. The molecule has 1 saturated heterocycles. The molecule has 6 nitrogen and oxygen atoms in total. The summed E-state index contributed by atoms with van der Waals surface area (Å²) >= 11 is 1.42. The van der Waals surface area contributed by atoms with Crippen molar-refractivity contribution in [1.29, 1.82) is 0 Å². The van der Waals surface area contributed by atoms with E-state index in [9.17, 15) is 13.2 Å². The molecule has 28 heavy (non-hydrogen) atoms. The van der Waals surface area contributed by atoms with Crippen LogP contribution in [0, 0.1) is 6.92 Å². The number of sulfone groups is 1. The number of aromatic nitrogens is 2. The minimum absolute atomic E-state index is 0.195. The molecule has 5 rings (SSSR count). The molecule has 4 heterocycles. The van der Waals surface area contributed by atoms with Gasteiger partial charge in [0.25, 0.3) is 5.91 Å². The number of thiazole rings is 1. The first-order valence-electron chi connectivity index (χ1n) is 8.95. The van der Waals surface area contributed by atoms with Crippen LogP contribution in [-0.4, -0.2) is 47.5 Å². The smallest absolute Gasteiger partial charge is 0.273 e. The number of carbonyl (C=O) groups is 1. The molecule has 0 saturated carbocycles. The molecule has 3 aromatic rings. The second-order valence-corrected chi connectivity index (χ2v) is 10.3. The summed E-state index contributed by atoms with van der Waals surface area (Å²) in [6.07, 6.45) is 3.47. The molecule has 0 radical (unpaired) electrons. The molecule has 1 fully saturated rings. The minimum Gasteiger partial charge on any atom is -0.335 e. The Morgan fingerprint density at radius 1 is 1.21 bits per heavy atom. The van der Waals surface area contributed by atoms with Crippen molar-refractivity contribution in [3.63, 3.8) is 0 Å². The van der Waals surface area contributed by atoms with Crippen molar-refractivity contribution >= 4 is 27.1 Å². The van der Waals surface area contributed by atoms with Crippen LogP contribution >= 0.6 is 11.3 Å². The van der Waals surface area contributed by atoms with E-state index in [1.54, 1.807) is 28.7 Å². The second-order valence-electron chi connectivity index (χ2n) is 7.15. The Hall–Kier alpha value is -2.58. The number of hydrogen-bond acceptors (Lipinski definition) is 6. The molecule has 0 bridgehead atoms. The molecule has 2 aliphatic rings. The van der Waals surface area contributed by atoms with Crippen molar-refractivity contribution in [2.45, 2.75) is 23.0 Å². The minimum atomic E-state index is -3.45. The Kier molecular flexibility index (Phi) is 3.89. The number of aryl methyl sites for hydroxylation is 1. The topological polar surface area (TPSA) is 80.2 Å². The van der Waals surface area contributed by atoms with Gasteiger partial charge in [-0.2, -0.15) is 0 Å². The standard InChI is InChI=1S/C20H17N3O3S2/c1-12-22-17(11-27-12)20(24)23-9-16-15-7-13(14-3-2-6-21-8-14)4-5-18(15)28(25,26)19(16)10-23/h2-8,11,16,19H,9-10H2,1H3/t16-,19+/m1/s1. The Morgan fingerprint density at radius 3 is 2.79 bits per heavy atom. The van der Waals surface area contributed by atoms with E-state index in [0.29, 0.717) is 17.1 Å². The van der Waals surface area contributed by atoms with Gasteiger partial charge in [-0.25, -0.2) is 13.4 Å². The van der Waals surface area contributed by atoms with E-state index >= 15 is 0 Å². The summed E-state index contributed by atoms with van der Waals surface area (Å²) in [4.78, 5) is 23.2. The van der Waals surface area contributed by atoms with Crippen LogP contribution in [0.2, 0.25) is 0 Å². The molecule has 1 amide bonds. The molecule has 2 aromatic heterocycles. The molecular weight excluding hydrogens is 394 g/mol. The number of carbonyl (C=O) groups excluding carboxylic acids is 1. The summed E-state index contributed by atoms with van der Waals surface area (Å²) in [5.41, 5.74) is 3.07. The predicted molar refractivity (Wildman–Crippen MR) is 106 cm³/mol. The van der Waals surface area contributed by atoms with E-state index in [2.05, 4.69) is 9.97 Å². The van der Waals surface area contributed by atoms with E-state index in [4.69, 9.17) is 0 Å². The summed E-state index contributed by atoms with van der Waals surface area (Å²) < 4.78 is 26.1. The number of amides is 1. The fourth-order valence-electron chi connectivity index (χ4n) is 4.15. The molecule has 0 N–H and O–H groups in total. The van der Waals surface area contributed by atoms with Gasteiger partial charge in [-0.3, -0.25) is 9.78 Å². The average molecular weight is 412 g/mol. The van der Waals surface area contributed by atoms with Crippen LogP contribution in [0.25, 0.3) is 11.1 Å². The lowest BCUT2D eigenvalue weighted by atomic mass is 9.95. The van der Waals surface area contributed by atoms with E-state index in [0.717, 1.165) is 21.7 Å². The number of nitrogens with zero attached hydrogens (tertiary/aromatic N) is 3. The van der Waals surface area contributed by atoms with Crippen molar-refractivity contribution in [3.8, 4) is 11.1 Å². The molecule has 2 atom stereocenters. The van der Waals surface area contributed by atoms with Crippen LogP contribution < -0.4 is 0 Å². The Bertz CT molecular complexity index is 1190. The summed E-state index contributed by atoms with van der Waals surface area (Å²) in [7, 11) is -3.45. The monoisotopic (exact) mass is 411 g/mol. The Balaban J connectivity index is 1.52. The number of benzene rings is 1.